The van der Waals surface area contributed by atoms with E-state index in [1.165, 1.54) is 4.68 Å². The van der Waals surface area contributed by atoms with Crippen LogP contribution in [0.1, 0.15) is 40.1 Å². The fourth-order valence-corrected chi connectivity index (χ4v) is 4.81. The average Bonchev–Trinajstić information content (AvgIpc) is 3.43. The topological polar surface area (TPSA) is 113 Å². The lowest BCUT2D eigenvalue weighted by Crippen LogP contribution is -2.32. The van der Waals surface area contributed by atoms with Gasteiger partial charge in [-0.15, -0.1) is 0 Å². The molecule has 38 heavy (non-hydrogen) atoms. The highest BCUT2D eigenvalue weighted by Crippen LogP contribution is 2.26. The van der Waals surface area contributed by atoms with E-state index in [1.54, 1.807) is 22.5 Å². The third kappa shape index (κ3) is 4.60. The maximum atomic E-state index is 14.1. The van der Waals surface area contributed by atoms with E-state index in [0.29, 0.717) is 26.9 Å². The van der Waals surface area contributed by atoms with Crippen LogP contribution in [0.15, 0.2) is 76.4 Å². The van der Waals surface area contributed by atoms with E-state index in [0.717, 1.165) is 10.9 Å². The minimum absolute atomic E-state index is 0.111. The Labute approximate surface area is 227 Å². The molecule has 0 aliphatic carbocycles. The van der Waals surface area contributed by atoms with Crippen molar-refractivity contribution in [1.82, 2.24) is 29.4 Å². The molecule has 0 saturated carbocycles. The van der Waals surface area contributed by atoms with Crippen LogP contribution in [0.4, 0.5) is 5.82 Å². The second kappa shape index (κ2) is 10.0. The molecule has 1 unspecified atom stereocenters. The van der Waals surface area contributed by atoms with Crippen molar-refractivity contribution in [2.24, 2.45) is 14.1 Å². The standard InChI is InChI=1S/C28H24BrN7O2/c1-17(32-27(37)24-25(29)35(3)33-26(24)30)22-14-20-9-7-8-19(13-12-18-15-31-34(2)16-18)23(20)28(38)36(22)21-10-5-4-6-11-21/h4-11,14-17H,1-3H3,(H2,30,33)(H,32,37). The molecule has 190 valence electrons. The predicted molar refractivity (Wildman–Crippen MR) is 150 cm³/mol. The smallest absolute Gasteiger partial charge is 0.264 e. The second-order valence-corrected chi connectivity index (χ2v) is 9.59. The maximum absolute atomic E-state index is 14.1. The number of nitrogen functional groups attached to an aromatic ring is 1. The van der Waals surface area contributed by atoms with Gasteiger partial charge in [0.05, 0.1) is 23.2 Å². The number of halogens is 1. The Balaban J connectivity index is 1.65. The monoisotopic (exact) mass is 569 g/mol. The number of para-hydroxylation sites is 1. The number of rotatable bonds is 4. The third-order valence-corrected chi connectivity index (χ3v) is 7.07. The zero-order chi connectivity index (χ0) is 27.0. The second-order valence-electron chi connectivity index (χ2n) is 8.84. The molecule has 0 saturated heterocycles. The van der Waals surface area contributed by atoms with Gasteiger partial charge in [-0.05, 0) is 52.5 Å². The number of hydrogen-bond acceptors (Lipinski definition) is 5. The SMILES string of the molecule is CC(NC(=O)c1c(N)nn(C)c1Br)c1cc2cccc(C#Cc3cnn(C)c3)c2c(=O)n1-c1ccccc1. The van der Waals surface area contributed by atoms with Crippen LogP contribution >= 0.6 is 15.9 Å². The van der Waals surface area contributed by atoms with E-state index in [2.05, 4.69) is 43.3 Å². The van der Waals surface area contributed by atoms with E-state index >= 15 is 0 Å². The Kier molecular flexibility index (Phi) is 6.61. The molecule has 3 N–H and O–H groups in total. The van der Waals surface area contributed by atoms with Gasteiger partial charge in [-0.1, -0.05) is 42.2 Å². The van der Waals surface area contributed by atoms with Gasteiger partial charge in [0.1, 0.15) is 10.2 Å². The Morgan fingerprint density at radius 1 is 1.11 bits per heavy atom. The Bertz CT molecular complexity index is 1810. The molecule has 3 heterocycles. The third-order valence-electron chi connectivity index (χ3n) is 6.16. The van der Waals surface area contributed by atoms with Crippen molar-refractivity contribution in [3.63, 3.8) is 0 Å². The molecule has 0 aliphatic heterocycles. The van der Waals surface area contributed by atoms with Crippen molar-refractivity contribution in [2.45, 2.75) is 13.0 Å². The molecule has 9 nitrogen and oxygen atoms in total. The summed E-state index contributed by atoms with van der Waals surface area (Å²) in [6.45, 7) is 1.82. The lowest BCUT2D eigenvalue weighted by Gasteiger charge is -2.21. The van der Waals surface area contributed by atoms with Crippen molar-refractivity contribution in [3.05, 3.63) is 104 Å². The number of nitrogens with zero attached hydrogens (tertiary/aromatic N) is 5. The van der Waals surface area contributed by atoms with Crippen LogP contribution < -0.4 is 16.6 Å². The number of amides is 1. The number of hydrogen-bond donors (Lipinski definition) is 2. The van der Waals surface area contributed by atoms with Crippen LogP contribution in [-0.4, -0.2) is 30.0 Å². The maximum Gasteiger partial charge on any atom is 0.264 e. The van der Waals surface area contributed by atoms with Crippen molar-refractivity contribution >= 4 is 38.4 Å². The van der Waals surface area contributed by atoms with Gasteiger partial charge in [0.25, 0.3) is 11.5 Å². The number of nitrogens with two attached hydrogens (primary N) is 1. The van der Waals surface area contributed by atoms with Crippen LogP contribution in [0.2, 0.25) is 0 Å². The molecule has 0 spiro atoms. The number of anilines is 1. The summed E-state index contributed by atoms with van der Waals surface area (Å²) in [4.78, 5) is 27.3. The lowest BCUT2D eigenvalue weighted by molar-refractivity contribution is 0.0938. The summed E-state index contributed by atoms with van der Waals surface area (Å²) >= 11 is 3.37. The summed E-state index contributed by atoms with van der Waals surface area (Å²) in [5, 5.41) is 12.4. The fraction of sp³-hybridized carbons (Fsp3) is 0.143. The zero-order valence-corrected chi connectivity index (χ0v) is 22.5. The summed E-state index contributed by atoms with van der Waals surface area (Å²) in [6.07, 6.45) is 3.49. The van der Waals surface area contributed by atoms with E-state index in [4.69, 9.17) is 5.73 Å². The first kappa shape index (κ1) is 25.0. The molecule has 3 aromatic heterocycles. The Morgan fingerprint density at radius 3 is 2.53 bits per heavy atom. The van der Waals surface area contributed by atoms with E-state index in [9.17, 15) is 9.59 Å². The molecular weight excluding hydrogens is 546 g/mol. The molecule has 0 bridgehead atoms. The Hall–Kier alpha value is -4.62. The van der Waals surface area contributed by atoms with Gasteiger partial charge in [-0.25, -0.2) is 0 Å². The fourth-order valence-electron chi connectivity index (χ4n) is 4.35. The first-order valence-electron chi connectivity index (χ1n) is 11.8. The number of aryl methyl sites for hydroxylation is 2. The quantitative estimate of drug-likeness (QED) is 0.320. The zero-order valence-electron chi connectivity index (χ0n) is 20.9. The number of nitrogens with one attached hydrogen (secondary N) is 1. The highest BCUT2D eigenvalue weighted by atomic mass is 79.9. The molecule has 10 heteroatoms. The molecule has 0 fully saturated rings. The normalized spacial score (nSPS) is 11.7. The van der Waals surface area contributed by atoms with Crippen LogP contribution in [0, 0.1) is 11.8 Å². The van der Waals surface area contributed by atoms with Crippen LogP contribution in [0.3, 0.4) is 0 Å². The van der Waals surface area contributed by atoms with E-state index < -0.39 is 11.9 Å². The van der Waals surface area contributed by atoms with Gasteiger partial charge in [-0.3, -0.25) is 23.5 Å². The van der Waals surface area contributed by atoms with E-state index in [1.807, 2.05) is 74.8 Å². The number of carbonyl (C=O) groups excluding carboxylic acids is 1. The molecular formula is C28H24BrN7O2. The predicted octanol–water partition coefficient (Wildman–Crippen LogP) is 3.69. The summed E-state index contributed by atoms with van der Waals surface area (Å²) in [7, 11) is 3.51. The van der Waals surface area contributed by atoms with Crippen molar-refractivity contribution in [2.75, 3.05) is 5.73 Å². The van der Waals surface area contributed by atoms with Gasteiger partial charge in [0, 0.05) is 37.2 Å². The number of carbonyl (C=O) groups is 1. The van der Waals surface area contributed by atoms with Gasteiger partial charge in [0.2, 0.25) is 0 Å². The van der Waals surface area contributed by atoms with Crippen molar-refractivity contribution < 1.29 is 4.79 Å². The van der Waals surface area contributed by atoms with Crippen molar-refractivity contribution in [1.29, 1.82) is 0 Å². The number of fused-ring (bicyclic) bond motifs is 1. The van der Waals surface area contributed by atoms with Gasteiger partial charge in [0.15, 0.2) is 5.82 Å². The lowest BCUT2D eigenvalue weighted by atomic mass is 10.0. The summed E-state index contributed by atoms with van der Waals surface area (Å²) < 4.78 is 5.24. The molecule has 1 atom stereocenters. The molecule has 0 radical (unpaired) electrons. The summed E-state index contributed by atoms with van der Waals surface area (Å²) in [5.41, 5.74) is 8.62. The molecule has 5 rings (SSSR count). The average molecular weight is 570 g/mol. The summed E-state index contributed by atoms with van der Waals surface area (Å²) in [5.74, 6) is 5.94. The molecule has 1 amide bonds. The number of aromatic nitrogens is 5. The van der Waals surface area contributed by atoms with Gasteiger partial charge in [-0.2, -0.15) is 10.2 Å². The molecule has 5 aromatic rings. The van der Waals surface area contributed by atoms with Crippen LogP contribution in [0.5, 0.6) is 0 Å². The highest BCUT2D eigenvalue weighted by Gasteiger charge is 2.24. The summed E-state index contributed by atoms with van der Waals surface area (Å²) in [6, 6.07) is 16.2. The van der Waals surface area contributed by atoms with Crippen molar-refractivity contribution in [3.8, 4) is 17.5 Å². The molecule has 2 aromatic carbocycles. The van der Waals surface area contributed by atoms with Gasteiger partial charge >= 0.3 is 0 Å². The van der Waals surface area contributed by atoms with Crippen LogP contribution in [0.25, 0.3) is 16.5 Å². The first-order chi connectivity index (χ1) is 18.2. The number of pyridine rings is 1. The Morgan fingerprint density at radius 2 is 1.87 bits per heavy atom. The van der Waals surface area contributed by atoms with Gasteiger partial charge < -0.3 is 11.1 Å². The first-order valence-corrected chi connectivity index (χ1v) is 12.6. The van der Waals surface area contributed by atoms with E-state index in [-0.39, 0.29) is 16.9 Å². The minimum atomic E-state index is -0.545. The number of benzene rings is 2. The molecule has 0 aliphatic rings. The van der Waals surface area contributed by atoms with Crippen LogP contribution in [-0.2, 0) is 14.1 Å². The minimum Gasteiger partial charge on any atom is -0.382 e. The highest BCUT2D eigenvalue weighted by molar-refractivity contribution is 9.10. The largest absolute Gasteiger partial charge is 0.382 e.